The molecule has 2 heterocycles. The average molecular weight is 237 g/mol. The second-order valence-electron chi connectivity index (χ2n) is 4.17. The SMILES string of the molecule is [2H]c1cc(O)c(N2CCNCC2)c2c1SCC2. The summed E-state index contributed by atoms with van der Waals surface area (Å²) in [6.07, 6.45) is 0.972. The van der Waals surface area contributed by atoms with Gasteiger partial charge in [-0.25, -0.2) is 0 Å². The molecule has 0 amide bonds. The lowest BCUT2D eigenvalue weighted by molar-refractivity contribution is 0.469. The van der Waals surface area contributed by atoms with Crippen LogP contribution in [-0.4, -0.2) is 37.0 Å². The number of nitrogens with one attached hydrogen (secondary N) is 1. The van der Waals surface area contributed by atoms with Crippen LogP contribution in [0.2, 0.25) is 0 Å². The average Bonchev–Trinajstić information content (AvgIpc) is 2.79. The third kappa shape index (κ3) is 1.66. The quantitative estimate of drug-likeness (QED) is 0.775. The zero-order valence-corrected chi connectivity index (χ0v) is 9.94. The van der Waals surface area contributed by atoms with Gasteiger partial charge >= 0.3 is 0 Å². The number of hydrogen-bond donors (Lipinski definition) is 2. The van der Waals surface area contributed by atoms with Gasteiger partial charge in [-0.05, 0) is 24.1 Å². The normalized spacial score (nSPS) is 20.8. The minimum Gasteiger partial charge on any atom is -0.506 e. The molecule has 0 radical (unpaired) electrons. The monoisotopic (exact) mass is 237 g/mol. The first-order chi connectivity index (χ1) is 8.27. The third-order valence-corrected chi connectivity index (χ3v) is 4.24. The molecule has 3 rings (SSSR count). The van der Waals surface area contributed by atoms with Crippen molar-refractivity contribution in [2.24, 2.45) is 0 Å². The van der Waals surface area contributed by atoms with Crippen molar-refractivity contribution in [2.45, 2.75) is 11.3 Å². The number of rotatable bonds is 1. The Labute approximate surface area is 101 Å². The van der Waals surface area contributed by atoms with Crippen LogP contribution >= 0.6 is 11.8 Å². The van der Waals surface area contributed by atoms with Crippen molar-refractivity contribution in [3.63, 3.8) is 0 Å². The lowest BCUT2D eigenvalue weighted by Gasteiger charge is -2.31. The predicted molar refractivity (Wildman–Crippen MR) is 67.6 cm³/mol. The maximum Gasteiger partial charge on any atom is 0.139 e. The van der Waals surface area contributed by atoms with Crippen molar-refractivity contribution in [3.8, 4) is 5.75 Å². The second kappa shape index (κ2) is 4.18. The molecule has 1 fully saturated rings. The maximum absolute atomic E-state index is 10.1. The summed E-state index contributed by atoms with van der Waals surface area (Å²) >= 11 is 1.74. The number of piperazine rings is 1. The molecular weight excluding hydrogens is 220 g/mol. The Morgan fingerprint density at radius 3 is 3.06 bits per heavy atom. The van der Waals surface area contributed by atoms with Crippen LogP contribution in [0.3, 0.4) is 0 Å². The molecule has 4 heteroatoms. The summed E-state index contributed by atoms with van der Waals surface area (Å²) in [6, 6.07) is 2.06. The van der Waals surface area contributed by atoms with Crippen LogP contribution in [0.4, 0.5) is 5.69 Å². The van der Waals surface area contributed by atoms with Gasteiger partial charge in [0.05, 0.1) is 7.06 Å². The number of aromatic hydroxyl groups is 1. The summed E-state index contributed by atoms with van der Waals surface area (Å²) in [7, 11) is 0. The molecule has 0 spiro atoms. The summed E-state index contributed by atoms with van der Waals surface area (Å²) in [4.78, 5) is 3.31. The lowest BCUT2D eigenvalue weighted by atomic mass is 10.1. The largest absolute Gasteiger partial charge is 0.506 e. The van der Waals surface area contributed by atoms with Gasteiger partial charge in [0.1, 0.15) is 5.75 Å². The van der Waals surface area contributed by atoms with Gasteiger partial charge < -0.3 is 15.3 Å². The summed E-state index contributed by atoms with van der Waals surface area (Å²) in [5.74, 6) is 1.31. The summed E-state index contributed by atoms with van der Waals surface area (Å²) in [5, 5.41) is 13.4. The van der Waals surface area contributed by atoms with E-state index < -0.39 is 0 Å². The molecule has 2 N–H and O–H groups in total. The van der Waals surface area contributed by atoms with Gasteiger partial charge in [0.25, 0.3) is 0 Å². The number of phenols is 1. The van der Waals surface area contributed by atoms with Crippen molar-refractivity contribution in [2.75, 3.05) is 36.8 Å². The third-order valence-electron chi connectivity index (χ3n) is 3.17. The number of thioether (sulfide) groups is 1. The highest BCUT2D eigenvalue weighted by Crippen LogP contribution is 2.42. The molecule has 1 aromatic carbocycles. The van der Waals surface area contributed by atoms with Crippen LogP contribution in [0.1, 0.15) is 6.93 Å². The van der Waals surface area contributed by atoms with Gasteiger partial charge in [-0.2, -0.15) is 0 Å². The first-order valence-corrected chi connectivity index (χ1v) is 6.70. The molecule has 16 heavy (non-hydrogen) atoms. The van der Waals surface area contributed by atoms with E-state index in [2.05, 4.69) is 10.2 Å². The molecule has 0 unspecified atom stereocenters. The van der Waals surface area contributed by atoms with Crippen LogP contribution in [0.25, 0.3) is 0 Å². The first kappa shape index (κ1) is 9.19. The molecular formula is C12H16N2OS. The Kier molecular flexibility index (Phi) is 2.40. The fraction of sp³-hybridized carbons (Fsp3) is 0.500. The molecule has 2 aliphatic heterocycles. The van der Waals surface area contributed by atoms with Crippen LogP contribution < -0.4 is 10.2 Å². The van der Waals surface area contributed by atoms with E-state index in [0.29, 0.717) is 6.04 Å². The van der Waals surface area contributed by atoms with E-state index in [-0.39, 0.29) is 5.75 Å². The lowest BCUT2D eigenvalue weighted by Crippen LogP contribution is -2.43. The Hall–Kier alpha value is -0.870. The molecule has 0 atom stereocenters. The highest BCUT2D eigenvalue weighted by molar-refractivity contribution is 7.99. The van der Waals surface area contributed by atoms with E-state index in [4.69, 9.17) is 1.37 Å². The van der Waals surface area contributed by atoms with Crippen LogP contribution in [-0.2, 0) is 6.42 Å². The molecule has 0 aromatic heterocycles. The van der Waals surface area contributed by atoms with Crippen LogP contribution in [0, 0.1) is 0 Å². The van der Waals surface area contributed by atoms with Crippen molar-refractivity contribution >= 4 is 17.4 Å². The van der Waals surface area contributed by atoms with E-state index in [9.17, 15) is 5.11 Å². The summed E-state index contributed by atoms with van der Waals surface area (Å²) in [5.41, 5.74) is 2.16. The fourth-order valence-electron chi connectivity index (χ4n) is 2.41. The number of hydrogen-bond acceptors (Lipinski definition) is 4. The highest BCUT2D eigenvalue weighted by atomic mass is 32.2. The van der Waals surface area contributed by atoms with Crippen molar-refractivity contribution in [1.29, 1.82) is 0 Å². The molecule has 0 bridgehead atoms. The van der Waals surface area contributed by atoms with Gasteiger partial charge in [0.2, 0.25) is 0 Å². The Morgan fingerprint density at radius 2 is 2.25 bits per heavy atom. The highest BCUT2D eigenvalue weighted by Gasteiger charge is 2.23. The van der Waals surface area contributed by atoms with Crippen molar-refractivity contribution < 1.29 is 6.48 Å². The molecule has 1 aromatic rings. The van der Waals surface area contributed by atoms with Gasteiger partial charge in [0, 0.05) is 36.8 Å². The molecule has 0 aliphatic carbocycles. The smallest absolute Gasteiger partial charge is 0.139 e. The summed E-state index contributed by atoms with van der Waals surface area (Å²) in [6.45, 7) is 3.79. The van der Waals surface area contributed by atoms with Crippen molar-refractivity contribution in [3.05, 3.63) is 17.7 Å². The molecule has 86 valence electrons. The van der Waals surface area contributed by atoms with Gasteiger partial charge in [-0.1, -0.05) is 0 Å². The Morgan fingerprint density at radius 1 is 1.44 bits per heavy atom. The van der Waals surface area contributed by atoms with Gasteiger partial charge in [0.15, 0.2) is 0 Å². The Balaban J connectivity index is 2.06. The number of fused-ring (bicyclic) bond motifs is 1. The predicted octanol–water partition coefficient (Wildman–Crippen LogP) is 1.45. The van der Waals surface area contributed by atoms with Crippen LogP contribution in [0.5, 0.6) is 5.75 Å². The fourth-order valence-corrected chi connectivity index (χ4v) is 3.43. The number of phenolic OH excluding ortho intramolecular Hbond substituents is 1. The van der Waals surface area contributed by atoms with E-state index in [1.54, 1.807) is 17.8 Å². The van der Waals surface area contributed by atoms with E-state index in [0.717, 1.165) is 48.9 Å². The van der Waals surface area contributed by atoms with Gasteiger partial charge in [-0.3, -0.25) is 0 Å². The molecule has 1 saturated heterocycles. The van der Waals surface area contributed by atoms with Crippen molar-refractivity contribution in [1.82, 2.24) is 5.32 Å². The number of nitrogens with zero attached hydrogens (tertiary/aromatic N) is 1. The van der Waals surface area contributed by atoms with E-state index in [1.165, 1.54) is 5.56 Å². The zero-order chi connectivity index (χ0) is 11.8. The maximum atomic E-state index is 10.1. The summed E-state index contributed by atoms with van der Waals surface area (Å²) < 4.78 is 7.89. The van der Waals surface area contributed by atoms with E-state index >= 15 is 0 Å². The minimum atomic E-state index is 0.276. The number of benzene rings is 1. The molecule has 0 saturated carbocycles. The van der Waals surface area contributed by atoms with Crippen LogP contribution in [0.15, 0.2) is 17.0 Å². The topological polar surface area (TPSA) is 35.5 Å². The zero-order valence-electron chi connectivity index (χ0n) is 10.1. The molecule has 3 nitrogen and oxygen atoms in total. The minimum absolute atomic E-state index is 0.276. The standard InChI is InChI=1S/C12H16N2OS/c15-10-1-2-11-9(3-8-16-11)12(10)14-6-4-13-5-7-14/h1-2,13,15H,3-8H2/i2D. The Bertz CT molecular complexity index is 447. The number of anilines is 1. The van der Waals surface area contributed by atoms with E-state index in [1.807, 2.05) is 0 Å². The first-order valence-electron chi connectivity index (χ1n) is 6.21. The second-order valence-corrected chi connectivity index (χ2v) is 5.27. The molecule has 2 aliphatic rings. The van der Waals surface area contributed by atoms with Gasteiger partial charge in [-0.15, -0.1) is 11.8 Å².